The van der Waals surface area contributed by atoms with Crippen LogP contribution in [0.5, 0.6) is 11.6 Å². The van der Waals surface area contributed by atoms with Crippen molar-refractivity contribution in [2.24, 2.45) is 0 Å². The van der Waals surface area contributed by atoms with Gasteiger partial charge in [0.15, 0.2) is 0 Å². The maximum atomic E-state index is 5.99. The number of halogens is 3. The van der Waals surface area contributed by atoms with Crippen molar-refractivity contribution in [2.45, 2.75) is 6.92 Å². The highest BCUT2D eigenvalue weighted by molar-refractivity contribution is 6.42. The molecule has 0 aliphatic carbocycles. The highest BCUT2D eigenvalue weighted by atomic mass is 35.5. The van der Waals surface area contributed by atoms with Crippen LogP contribution < -0.4 is 4.74 Å². The SMILES string of the molecule is Cc1cc(Oc2cccc(Cl)c2Cl)nc(Cl)n1. The van der Waals surface area contributed by atoms with Crippen LogP contribution in [0.2, 0.25) is 15.3 Å². The van der Waals surface area contributed by atoms with Gasteiger partial charge in [-0.1, -0.05) is 29.3 Å². The molecule has 17 heavy (non-hydrogen) atoms. The number of benzene rings is 1. The zero-order valence-electron chi connectivity index (χ0n) is 8.75. The largest absolute Gasteiger partial charge is 0.437 e. The van der Waals surface area contributed by atoms with Crippen molar-refractivity contribution in [3.8, 4) is 11.6 Å². The van der Waals surface area contributed by atoms with Gasteiger partial charge in [-0.3, -0.25) is 0 Å². The van der Waals surface area contributed by atoms with Gasteiger partial charge in [-0.15, -0.1) is 0 Å². The van der Waals surface area contributed by atoms with Gasteiger partial charge < -0.3 is 4.74 Å². The van der Waals surface area contributed by atoms with Crippen LogP contribution in [0.15, 0.2) is 24.3 Å². The van der Waals surface area contributed by atoms with Crippen molar-refractivity contribution in [1.29, 1.82) is 0 Å². The van der Waals surface area contributed by atoms with Crippen LogP contribution in [0.4, 0.5) is 0 Å². The second-order valence-electron chi connectivity index (χ2n) is 3.27. The molecule has 1 aromatic carbocycles. The third-order valence-electron chi connectivity index (χ3n) is 1.93. The predicted octanol–water partition coefficient (Wildman–Crippen LogP) is 4.54. The first-order valence-corrected chi connectivity index (χ1v) is 5.82. The van der Waals surface area contributed by atoms with Crippen LogP contribution in [0.1, 0.15) is 5.69 Å². The number of ether oxygens (including phenoxy) is 1. The van der Waals surface area contributed by atoms with Crippen LogP contribution in [0.3, 0.4) is 0 Å². The van der Waals surface area contributed by atoms with E-state index in [9.17, 15) is 0 Å². The first-order valence-electron chi connectivity index (χ1n) is 4.69. The Morgan fingerprint density at radius 2 is 1.88 bits per heavy atom. The van der Waals surface area contributed by atoms with Crippen molar-refractivity contribution in [3.05, 3.63) is 45.3 Å². The van der Waals surface area contributed by atoms with Gasteiger partial charge in [-0.05, 0) is 30.7 Å². The minimum absolute atomic E-state index is 0.123. The summed E-state index contributed by atoms with van der Waals surface area (Å²) in [4.78, 5) is 7.86. The van der Waals surface area contributed by atoms with E-state index in [0.29, 0.717) is 27.4 Å². The summed E-state index contributed by atoms with van der Waals surface area (Å²) < 4.78 is 5.50. The monoisotopic (exact) mass is 288 g/mol. The standard InChI is InChI=1S/C11H7Cl3N2O/c1-6-5-9(16-11(14)15-6)17-8-4-2-3-7(12)10(8)13/h2-5H,1H3. The first kappa shape index (κ1) is 12.4. The molecule has 0 unspecified atom stereocenters. The lowest BCUT2D eigenvalue weighted by atomic mass is 10.3. The Morgan fingerprint density at radius 1 is 1.12 bits per heavy atom. The van der Waals surface area contributed by atoms with Gasteiger partial charge in [0.1, 0.15) is 10.8 Å². The summed E-state index contributed by atoms with van der Waals surface area (Å²) in [5.41, 5.74) is 0.707. The van der Waals surface area contributed by atoms with Crippen molar-refractivity contribution < 1.29 is 4.74 Å². The molecule has 0 atom stereocenters. The van der Waals surface area contributed by atoms with E-state index in [0.717, 1.165) is 0 Å². The Labute approximate surface area is 113 Å². The van der Waals surface area contributed by atoms with Gasteiger partial charge in [0.2, 0.25) is 11.2 Å². The van der Waals surface area contributed by atoms with E-state index in [2.05, 4.69) is 9.97 Å². The molecule has 0 radical (unpaired) electrons. The summed E-state index contributed by atoms with van der Waals surface area (Å²) in [6, 6.07) is 6.76. The molecular weight excluding hydrogens is 282 g/mol. The fraction of sp³-hybridized carbons (Fsp3) is 0.0909. The molecule has 3 nitrogen and oxygen atoms in total. The number of aromatic nitrogens is 2. The number of rotatable bonds is 2. The molecule has 2 rings (SSSR count). The summed E-state index contributed by atoms with van der Waals surface area (Å²) >= 11 is 17.6. The summed E-state index contributed by atoms with van der Waals surface area (Å²) in [5.74, 6) is 0.750. The minimum atomic E-state index is 0.123. The maximum Gasteiger partial charge on any atom is 0.225 e. The highest BCUT2D eigenvalue weighted by Gasteiger charge is 2.08. The quantitative estimate of drug-likeness (QED) is 0.761. The Morgan fingerprint density at radius 3 is 2.59 bits per heavy atom. The minimum Gasteiger partial charge on any atom is -0.437 e. The van der Waals surface area contributed by atoms with Crippen molar-refractivity contribution in [2.75, 3.05) is 0 Å². The van der Waals surface area contributed by atoms with E-state index >= 15 is 0 Å². The zero-order chi connectivity index (χ0) is 12.4. The van der Waals surface area contributed by atoms with Crippen LogP contribution in [-0.2, 0) is 0 Å². The molecule has 0 amide bonds. The Balaban J connectivity index is 2.34. The van der Waals surface area contributed by atoms with Gasteiger partial charge in [-0.2, -0.15) is 4.98 Å². The molecule has 0 saturated heterocycles. The fourth-order valence-corrected chi connectivity index (χ4v) is 1.78. The molecule has 0 aliphatic heterocycles. The van der Waals surface area contributed by atoms with Gasteiger partial charge in [0.25, 0.3) is 0 Å². The van der Waals surface area contributed by atoms with Gasteiger partial charge >= 0.3 is 0 Å². The third kappa shape index (κ3) is 3.00. The lowest BCUT2D eigenvalue weighted by Gasteiger charge is -2.07. The molecule has 6 heteroatoms. The topological polar surface area (TPSA) is 35.0 Å². The van der Waals surface area contributed by atoms with Gasteiger partial charge in [-0.25, -0.2) is 4.98 Å². The van der Waals surface area contributed by atoms with Gasteiger partial charge in [0.05, 0.1) is 5.02 Å². The summed E-state index contributed by atoms with van der Waals surface area (Å²) in [5, 5.41) is 0.876. The Bertz CT molecular complexity index is 540. The second-order valence-corrected chi connectivity index (χ2v) is 4.39. The van der Waals surface area contributed by atoms with Crippen molar-refractivity contribution in [1.82, 2.24) is 9.97 Å². The van der Waals surface area contributed by atoms with E-state index < -0.39 is 0 Å². The van der Waals surface area contributed by atoms with Crippen LogP contribution in [0, 0.1) is 6.92 Å². The second kappa shape index (κ2) is 5.08. The van der Waals surface area contributed by atoms with Crippen molar-refractivity contribution >= 4 is 34.8 Å². The summed E-state index contributed by atoms with van der Waals surface area (Å²) in [6.45, 7) is 1.79. The van der Waals surface area contributed by atoms with E-state index in [1.165, 1.54) is 0 Å². The molecule has 0 spiro atoms. The lowest BCUT2D eigenvalue weighted by Crippen LogP contribution is -1.93. The molecule has 0 bridgehead atoms. The van der Waals surface area contributed by atoms with Crippen LogP contribution >= 0.6 is 34.8 Å². The molecule has 88 valence electrons. The number of hydrogen-bond acceptors (Lipinski definition) is 3. The van der Waals surface area contributed by atoms with E-state index in [1.807, 2.05) is 0 Å². The van der Waals surface area contributed by atoms with E-state index in [-0.39, 0.29) is 5.28 Å². The summed E-state index contributed by atoms with van der Waals surface area (Å²) in [7, 11) is 0. The fourth-order valence-electron chi connectivity index (χ4n) is 1.23. The number of hydrogen-bond donors (Lipinski definition) is 0. The molecule has 0 N–H and O–H groups in total. The van der Waals surface area contributed by atoms with Crippen LogP contribution in [-0.4, -0.2) is 9.97 Å². The molecule has 1 heterocycles. The number of aryl methyl sites for hydroxylation is 1. The normalized spacial score (nSPS) is 10.4. The number of nitrogens with zero attached hydrogens (tertiary/aromatic N) is 2. The summed E-state index contributed by atoms with van der Waals surface area (Å²) in [6.07, 6.45) is 0. The predicted molar refractivity (Wildman–Crippen MR) is 68.3 cm³/mol. The smallest absolute Gasteiger partial charge is 0.225 e. The molecule has 1 aromatic heterocycles. The molecule has 0 saturated carbocycles. The molecule has 0 aliphatic rings. The Hall–Kier alpha value is -1.03. The lowest BCUT2D eigenvalue weighted by molar-refractivity contribution is 0.461. The highest BCUT2D eigenvalue weighted by Crippen LogP contribution is 2.34. The van der Waals surface area contributed by atoms with Crippen LogP contribution in [0.25, 0.3) is 0 Å². The van der Waals surface area contributed by atoms with E-state index in [4.69, 9.17) is 39.5 Å². The van der Waals surface area contributed by atoms with E-state index in [1.54, 1.807) is 31.2 Å². The zero-order valence-corrected chi connectivity index (χ0v) is 11.0. The average molecular weight is 290 g/mol. The van der Waals surface area contributed by atoms with Crippen molar-refractivity contribution in [3.63, 3.8) is 0 Å². The molecule has 2 aromatic rings. The third-order valence-corrected chi connectivity index (χ3v) is 2.90. The van der Waals surface area contributed by atoms with Gasteiger partial charge in [0, 0.05) is 11.8 Å². The average Bonchev–Trinajstić information content (AvgIpc) is 2.23. The molecule has 0 fully saturated rings. The Kier molecular flexibility index (Phi) is 3.72. The molecular formula is C11H7Cl3N2O. The first-order chi connectivity index (χ1) is 8.06. The maximum absolute atomic E-state index is 5.99.